The van der Waals surface area contributed by atoms with E-state index in [0.717, 1.165) is 5.56 Å². The van der Waals surface area contributed by atoms with Gasteiger partial charge in [-0.3, -0.25) is 4.79 Å². The highest BCUT2D eigenvalue weighted by Gasteiger charge is 2.11. The van der Waals surface area contributed by atoms with E-state index < -0.39 is 11.6 Å². The Morgan fingerprint density at radius 2 is 2.24 bits per heavy atom. The average molecular weight is 233 g/mol. The number of carbonyl (C=O) groups excluding carboxylic acids is 1. The van der Waals surface area contributed by atoms with Gasteiger partial charge in [-0.2, -0.15) is 0 Å². The lowest BCUT2D eigenvalue weighted by Crippen LogP contribution is -2.16. The molecule has 1 heterocycles. The second kappa shape index (κ2) is 4.37. The highest BCUT2D eigenvalue weighted by Crippen LogP contribution is 2.12. The molecule has 0 bridgehead atoms. The fourth-order valence-corrected chi connectivity index (χ4v) is 1.47. The summed E-state index contributed by atoms with van der Waals surface area (Å²) in [5.41, 5.74) is 1.43. The highest BCUT2D eigenvalue weighted by molar-refractivity contribution is 5.75. The van der Waals surface area contributed by atoms with Crippen LogP contribution in [0.5, 0.6) is 0 Å². The summed E-state index contributed by atoms with van der Waals surface area (Å²) < 4.78 is 9.55. The SMILES string of the molecule is COC(=O)Cc1nc2cc(C)ccc2oc1=O. The van der Waals surface area contributed by atoms with Crippen molar-refractivity contribution < 1.29 is 13.9 Å². The maximum absolute atomic E-state index is 11.5. The Morgan fingerprint density at radius 3 is 2.94 bits per heavy atom. The number of nitrogens with zero attached hydrogens (tertiary/aromatic N) is 1. The van der Waals surface area contributed by atoms with Crippen LogP contribution in [0.4, 0.5) is 0 Å². The Kier molecular flexibility index (Phi) is 2.91. The molecule has 1 aromatic carbocycles. The molecular formula is C12H11NO4. The van der Waals surface area contributed by atoms with Gasteiger partial charge in [-0.25, -0.2) is 9.78 Å². The zero-order valence-corrected chi connectivity index (χ0v) is 9.52. The molecule has 1 aromatic heterocycles. The summed E-state index contributed by atoms with van der Waals surface area (Å²) in [5, 5.41) is 0. The van der Waals surface area contributed by atoms with Gasteiger partial charge in [0.05, 0.1) is 13.5 Å². The maximum Gasteiger partial charge on any atom is 0.358 e. The Morgan fingerprint density at radius 1 is 1.47 bits per heavy atom. The predicted molar refractivity (Wildman–Crippen MR) is 60.7 cm³/mol. The minimum Gasteiger partial charge on any atom is -0.469 e. The molecule has 0 radical (unpaired) electrons. The van der Waals surface area contributed by atoms with E-state index in [0.29, 0.717) is 11.1 Å². The topological polar surface area (TPSA) is 69.4 Å². The van der Waals surface area contributed by atoms with Gasteiger partial charge in [-0.05, 0) is 24.6 Å². The number of rotatable bonds is 2. The van der Waals surface area contributed by atoms with Crippen molar-refractivity contribution in [1.29, 1.82) is 0 Å². The van der Waals surface area contributed by atoms with Gasteiger partial charge in [0.25, 0.3) is 0 Å². The van der Waals surface area contributed by atoms with Crippen LogP contribution in [0.2, 0.25) is 0 Å². The molecule has 2 rings (SSSR count). The number of ether oxygens (including phenoxy) is 1. The summed E-state index contributed by atoms with van der Waals surface area (Å²) in [6.07, 6.45) is -0.178. The Bertz CT molecular complexity index is 630. The number of fused-ring (bicyclic) bond motifs is 1. The van der Waals surface area contributed by atoms with Crippen LogP contribution in [0.25, 0.3) is 11.1 Å². The standard InChI is InChI=1S/C12H11NO4/c1-7-3-4-10-8(5-7)13-9(12(15)17-10)6-11(14)16-2/h3-5H,6H2,1-2H3. The van der Waals surface area contributed by atoms with Crippen molar-refractivity contribution >= 4 is 17.1 Å². The zero-order chi connectivity index (χ0) is 12.4. The molecular weight excluding hydrogens is 222 g/mol. The van der Waals surface area contributed by atoms with Crippen molar-refractivity contribution in [2.45, 2.75) is 13.3 Å². The van der Waals surface area contributed by atoms with Gasteiger partial charge in [0.1, 0.15) is 11.2 Å². The van der Waals surface area contributed by atoms with Crippen LogP contribution in [0.3, 0.4) is 0 Å². The molecule has 0 amide bonds. The first-order valence-electron chi connectivity index (χ1n) is 5.07. The lowest BCUT2D eigenvalue weighted by molar-refractivity contribution is -0.139. The lowest BCUT2D eigenvalue weighted by Gasteiger charge is -2.01. The van der Waals surface area contributed by atoms with Crippen LogP contribution in [0, 0.1) is 6.92 Å². The molecule has 17 heavy (non-hydrogen) atoms. The number of carbonyl (C=O) groups is 1. The van der Waals surface area contributed by atoms with Crippen LogP contribution < -0.4 is 5.63 Å². The second-order valence-corrected chi connectivity index (χ2v) is 3.67. The number of aryl methyl sites for hydroxylation is 1. The van der Waals surface area contributed by atoms with Crippen LogP contribution in [0.15, 0.2) is 27.4 Å². The number of hydrogen-bond acceptors (Lipinski definition) is 5. The lowest BCUT2D eigenvalue weighted by atomic mass is 10.2. The first kappa shape index (κ1) is 11.3. The molecule has 0 aliphatic rings. The van der Waals surface area contributed by atoms with Crippen molar-refractivity contribution in [2.75, 3.05) is 7.11 Å². The molecule has 0 N–H and O–H groups in total. The van der Waals surface area contributed by atoms with Crippen LogP contribution in [0.1, 0.15) is 11.3 Å². The summed E-state index contributed by atoms with van der Waals surface area (Å²) in [5.74, 6) is -0.517. The third-order valence-corrected chi connectivity index (χ3v) is 2.35. The van der Waals surface area contributed by atoms with E-state index in [1.165, 1.54) is 7.11 Å². The molecule has 5 heteroatoms. The van der Waals surface area contributed by atoms with Crippen molar-refractivity contribution in [3.05, 3.63) is 39.9 Å². The summed E-state index contributed by atoms with van der Waals surface area (Å²) in [4.78, 5) is 26.7. The number of methoxy groups -OCH3 is 1. The third-order valence-electron chi connectivity index (χ3n) is 2.35. The summed E-state index contributed by atoms with van der Waals surface area (Å²) in [6.45, 7) is 1.91. The fourth-order valence-electron chi connectivity index (χ4n) is 1.47. The van der Waals surface area contributed by atoms with Gasteiger partial charge in [-0.15, -0.1) is 0 Å². The van der Waals surface area contributed by atoms with Crippen molar-refractivity contribution in [3.8, 4) is 0 Å². The van der Waals surface area contributed by atoms with Crippen molar-refractivity contribution in [1.82, 2.24) is 4.98 Å². The summed E-state index contributed by atoms with van der Waals surface area (Å²) >= 11 is 0. The Hall–Kier alpha value is -2.17. The number of esters is 1. The third kappa shape index (κ3) is 2.33. The molecule has 0 saturated carbocycles. The van der Waals surface area contributed by atoms with E-state index in [2.05, 4.69) is 9.72 Å². The molecule has 5 nitrogen and oxygen atoms in total. The van der Waals surface area contributed by atoms with E-state index in [4.69, 9.17) is 4.42 Å². The molecule has 0 aliphatic heterocycles. The summed E-state index contributed by atoms with van der Waals surface area (Å²) in [6, 6.07) is 5.30. The average Bonchev–Trinajstić information content (AvgIpc) is 2.30. The zero-order valence-electron chi connectivity index (χ0n) is 9.52. The molecule has 0 saturated heterocycles. The molecule has 2 aromatic rings. The smallest absolute Gasteiger partial charge is 0.358 e. The number of hydrogen-bond donors (Lipinski definition) is 0. The van der Waals surface area contributed by atoms with E-state index in [9.17, 15) is 9.59 Å². The first-order chi connectivity index (χ1) is 8.10. The molecule has 0 aliphatic carbocycles. The Labute approximate surface area is 97.0 Å². The minimum absolute atomic E-state index is 0.0648. The number of aromatic nitrogens is 1. The predicted octanol–water partition coefficient (Wildman–Crippen LogP) is 1.21. The monoisotopic (exact) mass is 233 g/mol. The van der Waals surface area contributed by atoms with Gasteiger partial charge < -0.3 is 9.15 Å². The molecule has 0 spiro atoms. The van der Waals surface area contributed by atoms with Crippen LogP contribution in [-0.2, 0) is 16.0 Å². The molecule has 0 fully saturated rings. The normalized spacial score (nSPS) is 10.5. The van der Waals surface area contributed by atoms with Gasteiger partial charge in [-0.1, -0.05) is 6.07 Å². The van der Waals surface area contributed by atoms with Crippen LogP contribution in [-0.4, -0.2) is 18.1 Å². The van der Waals surface area contributed by atoms with Crippen LogP contribution >= 0.6 is 0 Å². The van der Waals surface area contributed by atoms with E-state index in [1.807, 2.05) is 13.0 Å². The molecule has 0 unspecified atom stereocenters. The second-order valence-electron chi connectivity index (χ2n) is 3.67. The van der Waals surface area contributed by atoms with Gasteiger partial charge in [0.2, 0.25) is 0 Å². The highest BCUT2D eigenvalue weighted by atomic mass is 16.5. The van der Waals surface area contributed by atoms with E-state index in [-0.39, 0.29) is 12.1 Å². The van der Waals surface area contributed by atoms with Crippen molar-refractivity contribution in [3.63, 3.8) is 0 Å². The van der Waals surface area contributed by atoms with Gasteiger partial charge in [0.15, 0.2) is 5.58 Å². The Balaban J connectivity index is 2.53. The quantitative estimate of drug-likeness (QED) is 0.729. The maximum atomic E-state index is 11.5. The largest absolute Gasteiger partial charge is 0.469 e. The molecule has 0 atom stereocenters. The van der Waals surface area contributed by atoms with E-state index in [1.54, 1.807) is 12.1 Å². The molecule has 88 valence electrons. The summed E-state index contributed by atoms with van der Waals surface area (Å²) in [7, 11) is 1.26. The first-order valence-corrected chi connectivity index (χ1v) is 5.07. The minimum atomic E-state index is -0.605. The fraction of sp³-hybridized carbons (Fsp3) is 0.250. The van der Waals surface area contributed by atoms with Gasteiger partial charge in [0, 0.05) is 0 Å². The number of benzene rings is 1. The van der Waals surface area contributed by atoms with E-state index >= 15 is 0 Å². The van der Waals surface area contributed by atoms with Crippen molar-refractivity contribution in [2.24, 2.45) is 0 Å². The van der Waals surface area contributed by atoms with Gasteiger partial charge >= 0.3 is 11.6 Å².